The zero-order valence-electron chi connectivity index (χ0n) is 10.1. The molecule has 1 fully saturated rings. The third-order valence-corrected chi connectivity index (χ3v) is 6.37. The van der Waals surface area contributed by atoms with Gasteiger partial charge in [-0.05, 0) is 28.4 Å². The second-order valence-corrected chi connectivity index (χ2v) is 7.58. The van der Waals surface area contributed by atoms with E-state index in [2.05, 4.69) is 51.0 Å². The number of nitrogens with two attached hydrogens (primary N) is 1. The Morgan fingerprint density at radius 3 is 3.06 bits per heavy atom. The van der Waals surface area contributed by atoms with Gasteiger partial charge in [0.1, 0.15) is 0 Å². The van der Waals surface area contributed by atoms with Crippen molar-refractivity contribution in [2.24, 2.45) is 5.73 Å². The predicted octanol–water partition coefficient (Wildman–Crippen LogP) is 3.34. The van der Waals surface area contributed by atoms with Gasteiger partial charge in [-0.2, -0.15) is 11.8 Å². The zero-order valence-corrected chi connectivity index (χ0v) is 13.3. The minimum atomic E-state index is 0.404. The molecule has 2 nitrogen and oxygen atoms in total. The number of thiophene rings is 1. The summed E-state index contributed by atoms with van der Waals surface area (Å²) in [4.78, 5) is 3.95. The summed E-state index contributed by atoms with van der Waals surface area (Å²) in [7, 11) is 0. The lowest BCUT2D eigenvalue weighted by molar-refractivity contribution is 0.210. The van der Waals surface area contributed by atoms with E-state index in [4.69, 9.17) is 5.73 Å². The maximum Gasteiger partial charge on any atom is 0.0565 e. The predicted molar refractivity (Wildman–Crippen MR) is 81.9 cm³/mol. The molecule has 0 radical (unpaired) electrons. The molecule has 1 saturated heterocycles. The topological polar surface area (TPSA) is 29.3 Å². The molecule has 0 aromatic carbocycles. The largest absolute Gasteiger partial charge is 0.329 e. The molecule has 2 heterocycles. The Morgan fingerprint density at radius 1 is 1.65 bits per heavy atom. The van der Waals surface area contributed by atoms with Crippen LogP contribution in [0, 0.1) is 0 Å². The molecule has 0 amide bonds. The average Bonchev–Trinajstić information content (AvgIpc) is 2.77. The van der Waals surface area contributed by atoms with Crippen LogP contribution >= 0.6 is 39.0 Å². The summed E-state index contributed by atoms with van der Waals surface area (Å²) in [5.74, 6) is 1.24. The minimum Gasteiger partial charge on any atom is -0.329 e. The molecule has 2 atom stereocenters. The zero-order chi connectivity index (χ0) is 12.3. The van der Waals surface area contributed by atoms with Crippen molar-refractivity contribution in [2.45, 2.75) is 24.6 Å². The number of thioether (sulfide) groups is 1. The lowest BCUT2D eigenvalue weighted by Gasteiger charge is -2.36. The second-order valence-electron chi connectivity index (χ2n) is 4.31. The van der Waals surface area contributed by atoms with Crippen LogP contribution in [0.5, 0.6) is 0 Å². The second kappa shape index (κ2) is 6.57. The molecule has 1 aliphatic rings. The van der Waals surface area contributed by atoms with Gasteiger partial charge in [-0.15, -0.1) is 11.3 Å². The van der Waals surface area contributed by atoms with E-state index in [1.54, 1.807) is 0 Å². The Hall–Kier alpha value is 0.450. The van der Waals surface area contributed by atoms with Crippen molar-refractivity contribution in [3.05, 3.63) is 20.8 Å². The van der Waals surface area contributed by atoms with Crippen molar-refractivity contribution in [3.8, 4) is 0 Å². The molecule has 17 heavy (non-hydrogen) atoms. The van der Waals surface area contributed by atoms with Gasteiger partial charge in [0.25, 0.3) is 0 Å². The van der Waals surface area contributed by atoms with Crippen molar-refractivity contribution in [1.82, 2.24) is 4.90 Å². The Kier molecular flexibility index (Phi) is 5.36. The third kappa shape index (κ3) is 3.47. The van der Waals surface area contributed by atoms with Crippen LogP contribution in [0.15, 0.2) is 15.9 Å². The summed E-state index contributed by atoms with van der Waals surface area (Å²) in [5.41, 5.74) is 5.97. The number of nitrogens with zero attached hydrogens (tertiary/aromatic N) is 1. The maximum absolute atomic E-state index is 5.97. The number of hydrogen-bond acceptors (Lipinski definition) is 4. The Bertz CT molecular complexity index is 356. The minimum absolute atomic E-state index is 0.404. The Balaban J connectivity index is 2.07. The average molecular weight is 335 g/mol. The number of rotatable bonds is 4. The van der Waals surface area contributed by atoms with E-state index < -0.39 is 0 Å². The fraction of sp³-hybridized carbons (Fsp3) is 0.667. The van der Waals surface area contributed by atoms with Crippen molar-refractivity contribution in [2.75, 3.05) is 25.4 Å². The highest BCUT2D eigenvalue weighted by atomic mass is 79.9. The maximum atomic E-state index is 5.97. The first kappa shape index (κ1) is 13.9. The van der Waals surface area contributed by atoms with E-state index in [1.165, 1.54) is 34.6 Å². The van der Waals surface area contributed by atoms with E-state index >= 15 is 0 Å². The Morgan fingerprint density at radius 2 is 2.47 bits per heavy atom. The molecule has 1 aromatic rings. The molecular formula is C12H19BrN2S2. The highest BCUT2D eigenvalue weighted by molar-refractivity contribution is 9.10. The van der Waals surface area contributed by atoms with Crippen LogP contribution in [0.3, 0.4) is 0 Å². The highest BCUT2D eigenvalue weighted by Gasteiger charge is 2.26. The van der Waals surface area contributed by atoms with Crippen LogP contribution in [0.25, 0.3) is 0 Å². The van der Waals surface area contributed by atoms with Crippen molar-refractivity contribution in [3.63, 3.8) is 0 Å². The van der Waals surface area contributed by atoms with Gasteiger partial charge in [-0.3, -0.25) is 4.90 Å². The fourth-order valence-corrected chi connectivity index (χ4v) is 5.02. The summed E-state index contributed by atoms with van der Waals surface area (Å²) in [6, 6.07) is 2.62. The molecule has 0 saturated carbocycles. The van der Waals surface area contributed by atoms with E-state index in [9.17, 15) is 0 Å². The first-order valence-electron chi connectivity index (χ1n) is 6.04. The van der Waals surface area contributed by atoms with Gasteiger partial charge in [0.05, 0.1) is 6.04 Å². The molecule has 96 valence electrons. The molecule has 5 heteroatoms. The SMILES string of the molecule is CCC1CN(C(CN)c2cc(Br)cs2)CCS1. The van der Waals surface area contributed by atoms with Crippen LogP contribution in [-0.2, 0) is 0 Å². The molecule has 2 rings (SSSR count). The summed E-state index contributed by atoms with van der Waals surface area (Å²) < 4.78 is 1.18. The third-order valence-electron chi connectivity index (χ3n) is 3.21. The summed E-state index contributed by atoms with van der Waals surface area (Å²) >= 11 is 7.44. The Labute approximate surface area is 120 Å². The van der Waals surface area contributed by atoms with Crippen molar-refractivity contribution in [1.29, 1.82) is 0 Å². The van der Waals surface area contributed by atoms with Crippen LogP contribution in [-0.4, -0.2) is 35.5 Å². The molecule has 0 spiro atoms. The number of hydrogen-bond donors (Lipinski definition) is 1. The fourth-order valence-electron chi connectivity index (χ4n) is 2.22. The van der Waals surface area contributed by atoms with Gasteiger partial charge in [0.2, 0.25) is 0 Å². The molecule has 2 unspecified atom stereocenters. The van der Waals surface area contributed by atoms with E-state index in [-0.39, 0.29) is 0 Å². The lowest BCUT2D eigenvalue weighted by atomic mass is 10.1. The van der Waals surface area contributed by atoms with Crippen molar-refractivity contribution >= 4 is 39.0 Å². The first-order valence-corrected chi connectivity index (χ1v) is 8.76. The molecule has 0 bridgehead atoms. The van der Waals surface area contributed by atoms with E-state index in [0.29, 0.717) is 12.6 Å². The highest BCUT2D eigenvalue weighted by Crippen LogP contribution is 2.32. The monoisotopic (exact) mass is 334 g/mol. The van der Waals surface area contributed by atoms with Gasteiger partial charge in [0.15, 0.2) is 0 Å². The molecule has 2 N–H and O–H groups in total. The number of halogens is 1. The van der Waals surface area contributed by atoms with Crippen molar-refractivity contribution < 1.29 is 0 Å². The smallest absolute Gasteiger partial charge is 0.0565 e. The first-order chi connectivity index (χ1) is 8.24. The lowest BCUT2D eigenvalue weighted by Crippen LogP contribution is -2.42. The van der Waals surface area contributed by atoms with Crippen LogP contribution in [0.2, 0.25) is 0 Å². The van der Waals surface area contributed by atoms with Gasteiger partial charge in [0, 0.05) is 45.4 Å². The normalized spacial score (nSPS) is 23.8. The van der Waals surface area contributed by atoms with Gasteiger partial charge < -0.3 is 5.73 Å². The molecule has 1 aromatic heterocycles. The van der Waals surface area contributed by atoms with Gasteiger partial charge >= 0.3 is 0 Å². The van der Waals surface area contributed by atoms with Crippen LogP contribution in [0.4, 0.5) is 0 Å². The summed E-state index contributed by atoms with van der Waals surface area (Å²) in [6.07, 6.45) is 1.26. The molecule has 0 aliphatic carbocycles. The standard InChI is InChI=1S/C12H19BrN2S2/c1-2-10-7-15(3-4-16-10)11(6-14)12-5-9(13)8-17-12/h5,8,10-11H,2-4,6-7,14H2,1H3. The van der Waals surface area contributed by atoms with E-state index in [1.807, 2.05) is 11.3 Å². The quantitative estimate of drug-likeness (QED) is 0.915. The van der Waals surface area contributed by atoms with E-state index in [0.717, 1.165) is 5.25 Å². The van der Waals surface area contributed by atoms with Crippen LogP contribution in [0.1, 0.15) is 24.3 Å². The van der Waals surface area contributed by atoms with Crippen LogP contribution < -0.4 is 5.73 Å². The summed E-state index contributed by atoms with van der Waals surface area (Å²) in [6.45, 7) is 5.34. The molecule has 1 aliphatic heterocycles. The summed E-state index contributed by atoms with van der Waals surface area (Å²) in [5, 5.41) is 2.93. The van der Waals surface area contributed by atoms with Gasteiger partial charge in [-0.25, -0.2) is 0 Å². The molecular weight excluding hydrogens is 316 g/mol. The van der Waals surface area contributed by atoms with Gasteiger partial charge in [-0.1, -0.05) is 6.92 Å².